The lowest BCUT2D eigenvalue weighted by molar-refractivity contribution is -0.383. The number of benzene rings is 1. The van der Waals surface area contributed by atoms with Crippen LogP contribution < -0.4 is 10.6 Å². The molecule has 1 aromatic carbocycles. The third-order valence-corrected chi connectivity index (χ3v) is 3.24. The first-order valence-electron chi connectivity index (χ1n) is 6.02. The molecular weight excluding hydrogens is 232 g/mol. The molecule has 0 aromatic heterocycles. The summed E-state index contributed by atoms with van der Waals surface area (Å²) in [6.07, 6.45) is 1.01. The molecule has 1 aromatic rings. The summed E-state index contributed by atoms with van der Waals surface area (Å²) in [7, 11) is 3.75. The third-order valence-electron chi connectivity index (χ3n) is 3.24. The average molecular weight is 250 g/mol. The van der Waals surface area contributed by atoms with Crippen LogP contribution in [0.5, 0.6) is 0 Å². The van der Waals surface area contributed by atoms with Crippen LogP contribution in [0.2, 0.25) is 0 Å². The number of likely N-dealkylation sites (N-methyl/N-ethyl adjacent to an activating group) is 1. The maximum Gasteiger partial charge on any atom is 0.315 e. The fourth-order valence-electron chi connectivity index (χ4n) is 2.33. The monoisotopic (exact) mass is 250 g/mol. The molecule has 0 bridgehead atoms. The summed E-state index contributed by atoms with van der Waals surface area (Å²) in [5.74, 6) is 0. The van der Waals surface area contributed by atoms with Crippen LogP contribution in [0.4, 0.5) is 17.1 Å². The number of para-hydroxylation sites is 1. The lowest BCUT2D eigenvalue weighted by Crippen LogP contribution is -2.24. The Labute approximate surface area is 106 Å². The van der Waals surface area contributed by atoms with Gasteiger partial charge in [-0.15, -0.1) is 0 Å². The maximum atomic E-state index is 11.2. The summed E-state index contributed by atoms with van der Waals surface area (Å²) in [5.41, 5.74) is 1.25. The molecule has 2 N–H and O–H groups in total. The van der Waals surface area contributed by atoms with E-state index >= 15 is 0 Å². The summed E-state index contributed by atoms with van der Waals surface area (Å²) in [6, 6.07) is 5.57. The van der Waals surface area contributed by atoms with Crippen molar-refractivity contribution in [1.82, 2.24) is 4.90 Å². The maximum absolute atomic E-state index is 11.2. The van der Waals surface area contributed by atoms with Crippen molar-refractivity contribution in [2.75, 3.05) is 37.8 Å². The Morgan fingerprint density at radius 3 is 2.72 bits per heavy atom. The van der Waals surface area contributed by atoms with Crippen molar-refractivity contribution >= 4 is 17.1 Å². The number of anilines is 2. The predicted octanol–water partition coefficient (Wildman–Crippen LogP) is 1.75. The van der Waals surface area contributed by atoms with Crippen molar-refractivity contribution in [2.45, 2.75) is 12.5 Å². The van der Waals surface area contributed by atoms with E-state index in [4.69, 9.17) is 0 Å². The quantitative estimate of drug-likeness (QED) is 0.629. The molecule has 1 aliphatic rings. The molecule has 1 atom stereocenters. The molecule has 1 unspecified atom stereocenters. The molecule has 18 heavy (non-hydrogen) atoms. The van der Waals surface area contributed by atoms with Crippen LogP contribution in [-0.2, 0) is 0 Å². The lowest BCUT2D eigenvalue weighted by Gasteiger charge is -2.15. The number of hydrogen-bond acceptors (Lipinski definition) is 5. The molecular formula is C12H18N4O2. The normalized spacial score (nSPS) is 19.8. The highest BCUT2D eigenvalue weighted by Crippen LogP contribution is 2.33. The Balaban J connectivity index is 2.24. The van der Waals surface area contributed by atoms with Crippen molar-refractivity contribution in [3.8, 4) is 0 Å². The summed E-state index contributed by atoms with van der Waals surface area (Å²) >= 11 is 0. The van der Waals surface area contributed by atoms with Gasteiger partial charge in [-0.1, -0.05) is 6.07 Å². The fraction of sp³-hybridized carbons (Fsp3) is 0.500. The van der Waals surface area contributed by atoms with E-state index in [1.54, 1.807) is 19.2 Å². The zero-order valence-corrected chi connectivity index (χ0v) is 10.6. The number of rotatable bonds is 4. The van der Waals surface area contributed by atoms with Crippen LogP contribution >= 0.6 is 0 Å². The average Bonchev–Trinajstić information content (AvgIpc) is 2.74. The molecule has 2 rings (SSSR count). The van der Waals surface area contributed by atoms with Gasteiger partial charge in [-0.2, -0.15) is 0 Å². The van der Waals surface area contributed by atoms with Crippen LogP contribution in [0.1, 0.15) is 6.42 Å². The van der Waals surface area contributed by atoms with Gasteiger partial charge in [0, 0.05) is 19.6 Å². The standard InChI is InChI=1S/C12H18N4O2/c1-13-10-4-3-5-11(12(10)16(17)18)14-9-6-7-15(2)8-9/h3-5,9,13-14H,6-8H2,1-2H3. The minimum Gasteiger partial charge on any atom is -0.382 e. The highest BCUT2D eigenvalue weighted by molar-refractivity contribution is 5.76. The summed E-state index contributed by atoms with van der Waals surface area (Å²) < 4.78 is 0. The van der Waals surface area contributed by atoms with Gasteiger partial charge >= 0.3 is 5.69 Å². The molecule has 98 valence electrons. The first-order valence-corrected chi connectivity index (χ1v) is 6.02. The molecule has 1 fully saturated rings. The zero-order valence-electron chi connectivity index (χ0n) is 10.6. The highest BCUT2D eigenvalue weighted by Gasteiger charge is 2.24. The largest absolute Gasteiger partial charge is 0.382 e. The first kappa shape index (κ1) is 12.6. The molecule has 0 radical (unpaired) electrons. The Bertz CT molecular complexity index is 450. The van der Waals surface area contributed by atoms with E-state index in [9.17, 15) is 10.1 Å². The van der Waals surface area contributed by atoms with E-state index < -0.39 is 0 Å². The van der Waals surface area contributed by atoms with Gasteiger partial charge in [0.05, 0.1) is 4.92 Å². The molecule has 0 amide bonds. The van der Waals surface area contributed by atoms with Crippen molar-refractivity contribution < 1.29 is 4.92 Å². The Hall–Kier alpha value is -1.82. The Morgan fingerprint density at radius 1 is 1.44 bits per heavy atom. The van der Waals surface area contributed by atoms with Gasteiger partial charge in [0.2, 0.25) is 0 Å². The molecule has 1 heterocycles. The molecule has 1 aliphatic heterocycles. The second-order valence-electron chi connectivity index (χ2n) is 4.60. The Morgan fingerprint density at radius 2 is 2.17 bits per heavy atom. The van der Waals surface area contributed by atoms with Gasteiger partial charge in [0.15, 0.2) is 0 Å². The van der Waals surface area contributed by atoms with Gasteiger partial charge in [0.1, 0.15) is 11.4 Å². The highest BCUT2D eigenvalue weighted by atomic mass is 16.6. The Kier molecular flexibility index (Phi) is 3.66. The van der Waals surface area contributed by atoms with Crippen molar-refractivity contribution in [3.05, 3.63) is 28.3 Å². The molecule has 0 spiro atoms. The zero-order chi connectivity index (χ0) is 13.1. The van der Waals surface area contributed by atoms with E-state index in [2.05, 4.69) is 22.6 Å². The van der Waals surface area contributed by atoms with Crippen LogP contribution in [0.25, 0.3) is 0 Å². The fourth-order valence-corrected chi connectivity index (χ4v) is 2.33. The number of nitro groups is 1. The van der Waals surface area contributed by atoms with E-state index in [0.29, 0.717) is 11.4 Å². The number of nitrogens with one attached hydrogen (secondary N) is 2. The van der Waals surface area contributed by atoms with Crippen molar-refractivity contribution in [2.24, 2.45) is 0 Å². The molecule has 6 heteroatoms. The van der Waals surface area contributed by atoms with Gasteiger partial charge < -0.3 is 15.5 Å². The van der Waals surface area contributed by atoms with Gasteiger partial charge in [-0.25, -0.2) is 0 Å². The van der Waals surface area contributed by atoms with E-state index in [1.165, 1.54) is 0 Å². The number of hydrogen-bond donors (Lipinski definition) is 2. The number of nitrogens with zero attached hydrogens (tertiary/aromatic N) is 2. The molecule has 6 nitrogen and oxygen atoms in total. The molecule has 0 saturated carbocycles. The first-order chi connectivity index (χ1) is 8.61. The van der Waals surface area contributed by atoms with Gasteiger partial charge in [0.25, 0.3) is 0 Å². The second kappa shape index (κ2) is 5.22. The topological polar surface area (TPSA) is 70.4 Å². The number of nitro benzene ring substituents is 1. The van der Waals surface area contributed by atoms with E-state index in [1.807, 2.05) is 6.07 Å². The van der Waals surface area contributed by atoms with Crippen molar-refractivity contribution in [3.63, 3.8) is 0 Å². The van der Waals surface area contributed by atoms with Crippen LogP contribution in [0.3, 0.4) is 0 Å². The molecule has 0 aliphatic carbocycles. The predicted molar refractivity (Wildman–Crippen MR) is 72.2 cm³/mol. The summed E-state index contributed by atoms with van der Waals surface area (Å²) in [4.78, 5) is 13.0. The third kappa shape index (κ3) is 2.53. The van der Waals surface area contributed by atoms with Crippen LogP contribution in [0, 0.1) is 10.1 Å². The van der Waals surface area contributed by atoms with Crippen molar-refractivity contribution in [1.29, 1.82) is 0 Å². The number of likely N-dealkylation sites (tertiary alicyclic amines) is 1. The lowest BCUT2D eigenvalue weighted by atomic mass is 10.2. The summed E-state index contributed by atoms with van der Waals surface area (Å²) in [5, 5.41) is 17.3. The minimum absolute atomic E-state index is 0.120. The second-order valence-corrected chi connectivity index (χ2v) is 4.60. The SMILES string of the molecule is CNc1cccc(NC2CCN(C)C2)c1[N+](=O)[O-]. The van der Waals surface area contributed by atoms with Gasteiger partial charge in [-0.05, 0) is 32.1 Å². The van der Waals surface area contributed by atoms with Gasteiger partial charge in [-0.3, -0.25) is 10.1 Å². The smallest absolute Gasteiger partial charge is 0.315 e. The van der Waals surface area contributed by atoms with Crippen LogP contribution in [0.15, 0.2) is 18.2 Å². The summed E-state index contributed by atoms with van der Waals surface area (Å²) in [6.45, 7) is 1.94. The molecule has 1 saturated heterocycles. The van der Waals surface area contributed by atoms with Crippen LogP contribution in [-0.4, -0.2) is 43.0 Å². The minimum atomic E-state index is -0.340. The van der Waals surface area contributed by atoms with E-state index in [-0.39, 0.29) is 16.7 Å². The van der Waals surface area contributed by atoms with E-state index in [0.717, 1.165) is 19.5 Å².